The maximum absolute atomic E-state index is 12.7. The van der Waals surface area contributed by atoms with E-state index >= 15 is 0 Å². The molecule has 0 aliphatic carbocycles. The van der Waals surface area contributed by atoms with Crippen LogP contribution < -0.4 is 14.8 Å². The molecule has 0 aromatic heterocycles. The molecule has 0 spiro atoms. The van der Waals surface area contributed by atoms with Crippen molar-refractivity contribution in [2.75, 3.05) is 13.2 Å². The van der Waals surface area contributed by atoms with Gasteiger partial charge >= 0.3 is 0 Å². The number of rotatable bonds is 9. The maximum atomic E-state index is 12.7. The van der Waals surface area contributed by atoms with Crippen LogP contribution in [0.25, 0.3) is 0 Å². The molecule has 168 valence electrons. The molecule has 0 aliphatic heterocycles. The topological polar surface area (TPSA) is 47.6 Å². The lowest BCUT2D eigenvalue weighted by Crippen LogP contribution is -2.25. The highest BCUT2D eigenvalue weighted by molar-refractivity contribution is 5.94. The first-order chi connectivity index (χ1) is 15.4. The van der Waals surface area contributed by atoms with Crippen LogP contribution in [0.4, 0.5) is 0 Å². The van der Waals surface area contributed by atoms with Crippen molar-refractivity contribution in [3.8, 4) is 11.5 Å². The second-order valence-electron chi connectivity index (χ2n) is 8.78. The summed E-state index contributed by atoms with van der Waals surface area (Å²) in [5.74, 6) is 1.49. The number of carbonyl (C=O) groups excluding carboxylic acids is 1. The Morgan fingerprint density at radius 2 is 1.59 bits per heavy atom. The quantitative estimate of drug-likeness (QED) is 0.456. The number of benzene rings is 3. The molecular formula is C28H33NO3. The fourth-order valence-electron chi connectivity index (χ4n) is 3.56. The van der Waals surface area contributed by atoms with Gasteiger partial charge in [-0.3, -0.25) is 4.79 Å². The van der Waals surface area contributed by atoms with Crippen molar-refractivity contribution >= 4 is 5.91 Å². The standard InChI is InChI=1S/C28H33NO3/c1-5-31-25-16-15-22(27(30)29-18-17-21-11-7-6-8-12-21)19-23(25)20-32-26-14-10-9-13-24(26)28(2,3)4/h6-16,19H,5,17-18,20H2,1-4H3,(H,29,30). The van der Waals surface area contributed by atoms with E-state index in [-0.39, 0.29) is 11.3 Å². The minimum absolute atomic E-state index is 0.0279. The van der Waals surface area contributed by atoms with Crippen LogP contribution >= 0.6 is 0 Å². The van der Waals surface area contributed by atoms with Gasteiger partial charge in [-0.15, -0.1) is 0 Å². The minimum atomic E-state index is -0.0969. The van der Waals surface area contributed by atoms with Gasteiger partial charge in [0.25, 0.3) is 5.91 Å². The summed E-state index contributed by atoms with van der Waals surface area (Å²) >= 11 is 0. The number of hydrogen-bond acceptors (Lipinski definition) is 3. The fraction of sp³-hybridized carbons (Fsp3) is 0.321. The van der Waals surface area contributed by atoms with Crippen LogP contribution in [0.1, 0.15) is 54.7 Å². The van der Waals surface area contributed by atoms with E-state index in [1.807, 2.05) is 55.5 Å². The second kappa shape index (κ2) is 10.9. The number of hydrogen-bond donors (Lipinski definition) is 1. The first kappa shape index (κ1) is 23.4. The number of para-hydroxylation sites is 1. The molecule has 0 fully saturated rings. The van der Waals surface area contributed by atoms with Crippen LogP contribution in [0.15, 0.2) is 72.8 Å². The van der Waals surface area contributed by atoms with Gasteiger partial charge in [-0.05, 0) is 54.2 Å². The maximum Gasteiger partial charge on any atom is 0.251 e. The molecule has 1 N–H and O–H groups in total. The highest BCUT2D eigenvalue weighted by Crippen LogP contribution is 2.32. The van der Waals surface area contributed by atoms with Crippen molar-refractivity contribution in [2.24, 2.45) is 0 Å². The molecule has 0 saturated heterocycles. The molecule has 4 nitrogen and oxygen atoms in total. The van der Waals surface area contributed by atoms with Gasteiger partial charge in [0.1, 0.15) is 18.1 Å². The van der Waals surface area contributed by atoms with Crippen molar-refractivity contribution in [1.82, 2.24) is 5.32 Å². The van der Waals surface area contributed by atoms with Gasteiger partial charge in [0, 0.05) is 17.7 Å². The average Bonchev–Trinajstić information content (AvgIpc) is 2.79. The Morgan fingerprint density at radius 3 is 2.31 bits per heavy atom. The van der Waals surface area contributed by atoms with Crippen molar-refractivity contribution < 1.29 is 14.3 Å². The van der Waals surface area contributed by atoms with Crippen LogP contribution in [0.3, 0.4) is 0 Å². The predicted octanol–water partition coefficient (Wildman–Crippen LogP) is 5.93. The molecule has 0 bridgehead atoms. The molecule has 1 amide bonds. The Kier molecular flexibility index (Phi) is 7.93. The van der Waals surface area contributed by atoms with E-state index < -0.39 is 0 Å². The molecule has 3 aromatic carbocycles. The van der Waals surface area contributed by atoms with Crippen molar-refractivity contribution in [2.45, 2.75) is 46.1 Å². The van der Waals surface area contributed by atoms with Gasteiger partial charge in [-0.2, -0.15) is 0 Å². The molecule has 3 aromatic rings. The number of ether oxygens (including phenoxy) is 2. The van der Waals surface area contributed by atoms with Gasteiger partial charge < -0.3 is 14.8 Å². The smallest absolute Gasteiger partial charge is 0.251 e. The summed E-state index contributed by atoms with van der Waals surface area (Å²) < 4.78 is 12.0. The van der Waals surface area contributed by atoms with Gasteiger partial charge in [0.2, 0.25) is 0 Å². The Morgan fingerprint density at radius 1 is 0.875 bits per heavy atom. The first-order valence-electron chi connectivity index (χ1n) is 11.2. The SMILES string of the molecule is CCOc1ccc(C(=O)NCCc2ccccc2)cc1COc1ccccc1C(C)(C)C. The van der Waals surface area contributed by atoms with E-state index in [0.29, 0.717) is 25.3 Å². The van der Waals surface area contributed by atoms with Crippen LogP contribution in [-0.4, -0.2) is 19.1 Å². The third kappa shape index (κ3) is 6.36. The molecule has 0 heterocycles. The molecule has 0 unspecified atom stereocenters. The number of nitrogens with one attached hydrogen (secondary N) is 1. The van der Waals surface area contributed by atoms with Crippen LogP contribution in [-0.2, 0) is 18.4 Å². The van der Waals surface area contributed by atoms with Crippen molar-refractivity contribution in [3.05, 3.63) is 95.1 Å². The van der Waals surface area contributed by atoms with Gasteiger partial charge in [-0.1, -0.05) is 69.3 Å². The number of amides is 1. The molecule has 4 heteroatoms. The molecule has 0 atom stereocenters. The van der Waals surface area contributed by atoms with E-state index in [9.17, 15) is 4.79 Å². The number of carbonyl (C=O) groups is 1. The zero-order chi connectivity index (χ0) is 23.0. The molecule has 0 radical (unpaired) electrons. The lowest BCUT2D eigenvalue weighted by Gasteiger charge is -2.23. The highest BCUT2D eigenvalue weighted by Gasteiger charge is 2.19. The zero-order valence-electron chi connectivity index (χ0n) is 19.5. The lowest BCUT2D eigenvalue weighted by atomic mass is 9.86. The summed E-state index contributed by atoms with van der Waals surface area (Å²) in [6, 6.07) is 23.7. The lowest BCUT2D eigenvalue weighted by molar-refractivity contribution is 0.0954. The van der Waals surface area contributed by atoms with E-state index in [1.165, 1.54) is 5.56 Å². The van der Waals surface area contributed by atoms with Gasteiger partial charge in [-0.25, -0.2) is 0 Å². The summed E-state index contributed by atoms with van der Waals surface area (Å²) in [4.78, 5) is 12.7. The third-order valence-corrected chi connectivity index (χ3v) is 5.24. The molecular weight excluding hydrogens is 398 g/mol. The Bertz CT molecular complexity index is 1020. The van der Waals surface area contributed by atoms with Gasteiger partial charge in [0.15, 0.2) is 0 Å². The average molecular weight is 432 g/mol. The normalized spacial score (nSPS) is 11.1. The molecule has 32 heavy (non-hydrogen) atoms. The molecule has 3 rings (SSSR count). The van der Waals surface area contributed by atoms with E-state index in [2.05, 4.69) is 44.3 Å². The van der Waals surface area contributed by atoms with E-state index in [1.54, 1.807) is 6.07 Å². The summed E-state index contributed by atoms with van der Waals surface area (Å²) in [5.41, 5.74) is 3.77. The van der Waals surface area contributed by atoms with Gasteiger partial charge in [0.05, 0.1) is 6.61 Å². The fourth-order valence-corrected chi connectivity index (χ4v) is 3.56. The summed E-state index contributed by atoms with van der Waals surface area (Å²) in [6.45, 7) is 9.91. The van der Waals surface area contributed by atoms with Crippen LogP contribution in [0.2, 0.25) is 0 Å². The van der Waals surface area contributed by atoms with Crippen molar-refractivity contribution in [3.63, 3.8) is 0 Å². The second-order valence-corrected chi connectivity index (χ2v) is 8.78. The minimum Gasteiger partial charge on any atom is -0.493 e. The van der Waals surface area contributed by atoms with Crippen LogP contribution in [0.5, 0.6) is 11.5 Å². The monoisotopic (exact) mass is 431 g/mol. The Balaban J connectivity index is 1.71. The molecule has 0 saturated carbocycles. The van der Waals surface area contributed by atoms with E-state index in [0.717, 1.165) is 29.0 Å². The Labute approximate surface area is 191 Å². The summed E-state index contributed by atoms with van der Waals surface area (Å²) in [7, 11) is 0. The van der Waals surface area contributed by atoms with Crippen molar-refractivity contribution in [1.29, 1.82) is 0 Å². The third-order valence-electron chi connectivity index (χ3n) is 5.24. The molecule has 0 aliphatic rings. The van der Waals surface area contributed by atoms with E-state index in [4.69, 9.17) is 9.47 Å². The Hall–Kier alpha value is -3.27. The summed E-state index contributed by atoms with van der Waals surface area (Å²) in [5, 5.41) is 3.01. The van der Waals surface area contributed by atoms with Crippen LogP contribution in [0, 0.1) is 0 Å². The highest BCUT2D eigenvalue weighted by atomic mass is 16.5. The summed E-state index contributed by atoms with van der Waals surface area (Å²) in [6.07, 6.45) is 0.795. The predicted molar refractivity (Wildman–Crippen MR) is 130 cm³/mol. The first-order valence-corrected chi connectivity index (χ1v) is 11.2. The largest absolute Gasteiger partial charge is 0.493 e. The zero-order valence-corrected chi connectivity index (χ0v) is 19.5.